The molecule has 1 fully saturated rings. The predicted octanol–water partition coefficient (Wildman–Crippen LogP) is 4.12. The molecule has 0 spiro atoms. The number of nitrogens with zero attached hydrogens (tertiary/aromatic N) is 2. The van der Waals surface area contributed by atoms with Gasteiger partial charge in [0.15, 0.2) is 5.66 Å². The van der Waals surface area contributed by atoms with E-state index in [9.17, 15) is 9.59 Å². The summed E-state index contributed by atoms with van der Waals surface area (Å²) in [6, 6.07) is 23.5. The number of carbonyl (C=O) groups is 2. The van der Waals surface area contributed by atoms with Crippen molar-refractivity contribution in [3.63, 3.8) is 0 Å². The monoisotopic (exact) mass is 382 g/mol. The van der Waals surface area contributed by atoms with Gasteiger partial charge in [-0.2, -0.15) is 0 Å². The minimum atomic E-state index is -0.899. The van der Waals surface area contributed by atoms with Gasteiger partial charge in [-0.15, -0.1) is 0 Å². The second-order valence-electron chi connectivity index (χ2n) is 7.86. The van der Waals surface area contributed by atoms with E-state index >= 15 is 0 Å². The fourth-order valence-corrected chi connectivity index (χ4v) is 4.68. The third kappa shape index (κ3) is 2.38. The number of carbonyl (C=O) groups excluding carboxylic acids is 2. The zero-order valence-electron chi connectivity index (χ0n) is 16.6. The molecule has 5 rings (SSSR count). The van der Waals surface area contributed by atoms with Crippen LogP contribution in [0.1, 0.15) is 43.0 Å². The van der Waals surface area contributed by atoms with Gasteiger partial charge in [0.25, 0.3) is 11.8 Å². The molecule has 1 saturated heterocycles. The summed E-state index contributed by atoms with van der Waals surface area (Å²) >= 11 is 0. The van der Waals surface area contributed by atoms with Crippen molar-refractivity contribution in [3.8, 4) is 0 Å². The highest BCUT2D eigenvalue weighted by atomic mass is 16.2. The highest BCUT2D eigenvalue weighted by molar-refractivity contribution is 6.03. The van der Waals surface area contributed by atoms with E-state index in [2.05, 4.69) is 0 Å². The first kappa shape index (κ1) is 17.7. The molecule has 3 aromatic rings. The van der Waals surface area contributed by atoms with Gasteiger partial charge in [0.1, 0.15) is 0 Å². The molecule has 0 saturated carbocycles. The molecule has 1 unspecified atom stereocenters. The molecule has 2 heterocycles. The van der Waals surface area contributed by atoms with E-state index in [4.69, 9.17) is 0 Å². The Hall–Kier alpha value is -3.40. The molecule has 4 heteroatoms. The van der Waals surface area contributed by atoms with Crippen molar-refractivity contribution in [3.05, 3.63) is 106 Å². The van der Waals surface area contributed by atoms with E-state index in [1.54, 1.807) is 0 Å². The highest BCUT2D eigenvalue weighted by Gasteiger charge is 2.59. The Kier molecular flexibility index (Phi) is 3.85. The van der Waals surface area contributed by atoms with E-state index in [0.717, 1.165) is 22.3 Å². The molecule has 2 aliphatic rings. The van der Waals surface area contributed by atoms with Crippen LogP contribution >= 0.6 is 0 Å². The van der Waals surface area contributed by atoms with Crippen molar-refractivity contribution in [1.29, 1.82) is 0 Å². The first-order valence-corrected chi connectivity index (χ1v) is 9.91. The molecule has 0 aliphatic carbocycles. The lowest BCUT2D eigenvalue weighted by Gasteiger charge is -2.40. The van der Waals surface area contributed by atoms with Crippen molar-refractivity contribution in [2.24, 2.45) is 0 Å². The maximum absolute atomic E-state index is 13.7. The number of aryl methyl sites for hydroxylation is 2. The van der Waals surface area contributed by atoms with Crippen LogP contribution in [0, 0.1) is 13.8 Å². The third-order valence-electron chi connectivity index (χ3n) is 6.10. The quantitative estimate of drug-likeness (QED) is 0.669. The normalized spacial score (nSPS) is 20.0. The number of hydrogen-bond acceptors (Lipinski definition) is 2. The van der Waals surface area contributed by atoms with Crippen LogP contribution in [0.25, 0.3) is 0 Å². The minimum Gasteiger partial charge on any atom is -0.306 e. The average molecular weight is 382 g/mol. The number of benzene rings is 3. The van der Waals surface area contributed by atoms with Crippen molar-refractivity contribution >= 4 is 11.8 Å². The summed E-state index contributed by atoms with van der Waals surface area (Å²) in [5, 5.41) is 0. The highest BCUT2D eigenvalue weighted by Crippen LogP contribution is 2.50. The zero-order valence-corrected chi connectivity index (χ0v) is 16.6. The second-order valence-corrected chi connectivity index (χ2v) is 7.86. The summed E-state index contributed by atoms with van der Waals surface area (Å²) in [5.41, 5.74) is 4.49. The van der Waals surface area contributed by atoms with E-state index in [1.807, 2.05) is 96.4 Å². The van der Waals surface area contributed by atoms with Gasteiger partial charge in [0.05, 0.1) is 0 Å². The van der Waals surface area contributed by atoms with Crippen LogP contribution in [0.3, 0.4) is 0 Å². The Morgan fingerprint density at radius 2 is 1.45 bits per heavy atom. The van der Waals surface area contributed by atoms with Gasteiger partial charge in [-0.1, -0.05) is 65.7 Å². The molecule has 0 bridgehead atoms. The molecule has 0 N–H and O–H groups in total. The van der Waals surface area contributed by atoms with Crippen molar-refractivity contribution in [2.45, 2.75) is 19.5 Å². The van der Waals surface area contributed by atoms with Gasteiger partial charge < -0.3 is 9.80 Å². The number of amides is 2. The molecule has 29 heavy (non-hydrogen) atoms. The maximum atomic E-state index is 13.7. The van der Waals surface area contributed by atoms with Crippen LogP contribution in [0.4, 0.5) is 0 Å². The Morgan fingerprint density at radius 3 is 2.14 bits per heavy atom. The standard InChI is InChI=1S/C25H22N2O2/c1-17-7-11-19(12-8-17)23(28)26-15-16-27-24(29)21-5-3-4-6-22(21)25(26,27)20-13-9-18(2)10-14-20/h3-14H,15-16H2,1-2H3. The summed E-state index contributed by atoms with van der Waals surface area (Å²) in [6.07, 6.45) is 0. The smallest absolute Gasteiger partial charge is 0.256 e. The van der Waals surface area contributed by atoms with Crippen molar-refractivity contribution in [1.82, 2.24) is 9.80 Å². The van der Waals surface area contributed by atoms with Crippen molar-refractivity contribution in [2.75, 3.05) is 13.1 Å². The second kappa shape index (κ2) is 6.31. The summed E-state index contributed by atoms with van der Waals surface area (Å²) in [6.45, 7) is 5.06. The first-order chi connectivity index (χ1) is 14.0. The summed E-state index contributed by atoms with van der Waals surface area (Å²) < 4.78 is 0. The van der Waals surface area contributed by atoms with Gasteiger partial charge >= 0.3 is 0 Å². The molecule has 2 aliphatic heterocycles. The number of fused-ring (bicyclic) bond motifs is 3. The molecule has 144 valence electrons. The average Bonchev–Trinajstić information content (AvgIpc) is 3.25. The third-order valence-corrected chi connectivity index (χ3v) is 6.10. The lowest BCUT2D eigenvalue weighted by Crippen LogP contribution is -2.51. The van der Waals surface area contributed by atoms with Crippen LogP contribution in [0.15, 0.2) is 72.8 Å². The largest absolute Gasteiger partial charge is 0.306 e. The Balaban J connectivity index is 1.74. The Bertz CT molecular complexity index is 1120. The topological polar surface area (TPSA) is 40.6 Å². The SMILES string of the molecule is Cc1ccc(C(=O)N2CCN3C(=O)c4ccccc4C23c2ccc(C)cc2)cc1. The maximum Gasteiger partial charge on any atom is 0.256 e. The molecule has 4 nitrogen and oxygen atoms in total. The van der Waals surface area contributed by atoms with Crippen LogP contribution in [0.5, 0.6) is 0 Å². The predicted molar refractivity (Wildman–Crippen MR) is 112 cm³/mol. The van der Waals surface area contributed by atoms with Gasteiger partial charge in [0.2, 0.25) is 0 Å². The molecular formula is C25H22N2O2. The molecule has 1 atom stereocenters. The molecule has 2 amide bonds. The summed E-state index contributed by atoms with van der Waals surface area (Å²) in [4.78, 5) is 30.6. The van der Waals surface area contributed by atoms with E-state index in [-0.39, 0.29) is 11.8 Å². The van der Waals surface area contributed by atoms with E-state index < -0.39 is 5.66 Å². The fourth-order valence-electron chi connectivity index (χ4n) is 4.68. The Labute approximate surface area is 170 Å². The van der Waals surface area contributed by atoms with Crippen LogP contribution in [0.2, 0.25) is 0 Å². The van der Waals surface area contributed by atoms with E-state index in [1.165, 1.54) is 0 Å². The van der Waals surface area contributed by atoms with E-state index in [0.29, 0.717) is 24.2 Å². The number of hydrogen-bond donors (Lipinski definition) is 0. The first-order valence-electron chi connectivity index (χ1n) is 9.91. The van der Waals surface area contributed by atoms with Crippen LogP contribution in [-0.2, 0) is 5.66 Å². The Morgan fingerprint density at radius 1 is 0.828 bits per heavy atom. The lowest BCUT2D eigenvalue weighted by atomic mass is 9.89. The van der Waals surface area contributed by atoms with Gasteiger partial charge in [-0.25, -0.2) is 0 Å². The fraction of sp³-hybridized carbons (Fsp3) is 0.200. The summed E-state index contributed by atoms with van der Waals surface area (Å²) in [7, 11) is 0. The van der Waals surface area contributed by atoms with Gasteiger partial charge in [0, 0.05) is 35.3 Å². The molecular weight excluding hydrogens is 360 g/mol. The zero-order chi connectivity index (χ0) is 20.2. The number of rotatable bonds is 2. The van der Waals surface area contributed by atoms with Crippen molar-refractivity contribution < 1.29 is 9.59 Å². The van der Waals surface area contributed by atoms with Gasteiger partial charge in [-0.05, 0) is 32.0 Å². The molecule has 0 radical (unpaired) electrons. The van der Waals surface area contributed by atoms with Crippen LogP contribution in [-0.4, -0.2) is 34.7 Å². The summed E-state index contributed by atoms with van der Waals surface area (Å²) in [5.74, 6) is -0.0713. The lowest BCUT2D eigenvalue weighted by molar-refractivity contribution is 0.0375. The molecule has 3 aromatic carbocycles. The van der Waals surface area contributed by atoms with Gasteiger partial charge in [-0.3, -0.25) is 9.59 Å². The molecule has 0 aromatic heterocycles. The minimum absolute atomic E-state index is 0.0135. The van der Waals surface area contributed by atoms with Crippen LogP contribution < -0.4 is 0 Å².